The third kappa shape index (κ3) is 16.4. The largest absolute Gasteiger partial charge is 0.748 e. The van der Waals surface area contributed by atoms with Crippen LogP contribution in [0.2, 0.25) is 0 Å². The van der Waals surface area contributed by atoms with Gasteiger partial charge < -0.3 is 18.5 Å². The molecule has 27 heavy (non-hydrogen) atoms. The highest BCUT2D eigenvalue weighted by atomic mass is 32.2. The molecule has 0 aromatic carbocycles. The lowest BCUT2D eigenvalue weighted by Crippen LogP contribution is -2.52. The fourth-order valence-corrected chi connectivity index (χ4v) is 3.85. The minimum Gasteiger partial charge on any atom is -0.748 e. The topological polar surface area (TPSA) is 75.7 Å². The Hall–Kier alpha value is -0.210. The van der Waals surface area contributed by atoms with Crippen molar-refractivity contribution in [3.8, 4) is 0 Å². The molecule has 0 fully saturated rings. The maximum absolute atomic E-state index is 11.0. The van der Waals surface area contributed by atoms with Crippen LogP contribution in [0.4, 0.5) is 0 Å². The molecule has 0 aromatic heterocycles. The lowest BCUT2D eigenvalue weighted by atomic mass is 10.1. The summed E-state index contributed by atoms with van der Waals surface area (Å²) >= 11 is 0. The Morgan fingerprint density at radius 2 is 1.19 bits per heavy atom. The Balaban J connectivity index is 4.68. The molecule has 0 saturated carbocycles. The summed E-state index contributed by atoms with van der Waals surface area (Å²) in [5.74, 6) is -0.264. The third-order valence-electron chi connectivity index (χ3n) is 4.93. The lowest BCUT2D eigenvalue weighted by Gasteiger charge is -2.39. The molecule has 0 aromatic rings. The van der Waals surface area contributed by atoms with E-state index in [1.807, 2.05) is 0 Å². The van der Waals surface area contributed by atoms with Crippen LogP contribution >= 0.6 is 0 Å². The smallest absolute Gasteiger partial charge is 0.102 e. The van der Waals surface area contributed by atoms with Crippen molar-refractivity contribution in [3.05, 3.63) is 0 Å². The van der Waals surface area contributed by atoms with Crippen LogP contribution in [0.1, 0.15) is 72.1 Å². The third-order valence-corrected chi connectivity index (χ3v) is 5.72. The van der Waals surface area contributed by atoms with Gasteiger partial charge in [0.1, 0.15) is 6.54 Å². The van der Waals surface area contributed by atoms with Crippen LogP contribution < -0.4 is 0 Å². The molecule has 0 aliphatic rings. The van der Waals surface area contributed by atoms with Gasteiger partial charge in [0.15, 0.2) is 0 Å². The summed E-state index contributed by atoms with van der Waals surface area (Å²) < 4.78 is 45.2. The Kier molecular flexibility index (Phi) is 16.6. The molecule has 0 atom stereocenters. The molecular weight excluding hydrogens is 366 g/mol. The average Bonchev–Trinajstić information content (AvgIpc) is 2.60. The van der Waals surface area contributed by atoms with Crippen LogP contribution in [0.25, 0.3) is 0 Å². The average molecular weight is 410 g/mol. The standard InChI is InChI=1S/C20H43NO5S/c1-4-7-9-12-21(13-10-8-5-2,14-11-20-27(22,23)24)15-17-26-19-18-25-16-6-3/h4-20H2,1-3H3. The highest BCUT2D eigenvalue weighted by Crippen LogP contribution is 2.15. The molecule has 0 N–H and O–H groups in total. The van der Waals surface area contributed by atoms with Gasteiger partial charge in [0.25, 0.3) is 0 Å². The van der Waals surface area contributed by atoms with Gasteiger partial charge in [0.2, 0.25) is 0 Å². The summed E-state index contributed by atoms with van der Waals surface area (Å²) in [5, 5.41) is 0. The summed E-state index contributed by atoms with van der Waals surface area (Å²) in [5.41, 5.74) is 0. The van der Waals surface area contributed by atoms with E-state index in [9.17, 15) is 13.0 Å². The second kappa shape index (κ2) is 16.7. The second-order valence-corrected chi connectivity index (χ2v) is 9.01. The quantitative estimate of drug-likeness (QED) is 0.175. The van der Waals surface area contributed by atoms with E-state index in [2.05, 4.69) is 20.8 Å². The first-order valence-corrected chi connectivity index (χ1v) is 12.4. The van der Waals surface area contributed by atoms with Gasteiger partial charge >= 0.3 is 0 Å². The SMILES string of the molecule is CCCCC[N+](CCCCC)(CCCS(=O)(=O)[O-])CCOCCOCCC. The molecule has 0 spiro atoms. The van der Waals surface area contributed by atoms with Gasteiger partial charge in [0.05, 0.1) is 49.6 Å². The molecule has 0 amide bonds. The fourth-order valence-electron chi connectivity index (χ4n) is 3.37. The first kappa shape index (κ1) is 26.8. The van der Waals surface area contributed by atoms with Gasteiger partial charge in [0, 0.05) is 18.8 Å². The lowest BCUT2D eigenvalue weighted by molar-refractivity contribution is -0.929. The van der Waals surface area contributed by atoms with E-state index < -0.39 is 10.1 Å². The summed E-state index contributed by atoms with van der Waals surface area (Å²) in [7, 11) is -4.14. The zero-order valence-electron chi connectivity index (χ0n) is 17.9. The monoisotopic (exact) mass is 409 g/mol. The number of unbranched alkanes of at least 4 members (excludes halogenated alkanes) is 4. The van der Waals surface area contributed by atoms with Gasteiger partial charge in [-0.05, 0) is 32.1 Å². The number of rotatable bonds is 20. The normalized spacial score (nSPS) is 12.6. The Bertz CT molecular complexity index is 418. The van der Waals surface area contributed by atoms with Crippen LogP contribution in [-0.2, 0) is 19.6 Å². The zero-order chi connectivity index (χ0) is 20.4. The minimum atomic E-state index is -4.14. The molecule has 164 valence electrons. The van der Waals surface area contributed by atoms with Crippen molar-refractivity contribution in [3.63, 3.8) is 0 Å². The summed E-state index contributed by atoms with van der Waals surface area (Å²) in [6.45, 7) is 12.8. The predicted molar refractivity (Wildman–Crippen MR) is 110 cm³/mol. The maximum Gasteiger partial charge on any atom is 0.102 e. The Morgan fingerprint density at radius 1 is 0.667 bits per heavy atom. The summed E-state index contributed by atoms with van der Waals surface area (Å²) in [4.78, 5) is 0. The van der Waals surface area contributed by atoms with E-state index in [0.717, 1.165) is 69.4 Å². The van der Waals surface area contributed by atoms with E-state index in [1.165, 1.54) is 12.8 Å². The molecule has 0 rings (SSSR count). The van der Waals surface area contributed by atoms with Crippen molar-refractivity contribution >= 4 is 10.1 Å². The van der Waals surface area contributed by atoms with Crippen LogP contribution in [-0.4, -0.2) is 75.8 Å². The highest BCUT2D eigenvalue weighted by Gasteiger charge is 2.26. The van der Waals surface area contributed by atoms with Crippen molar-refractivity contribution in [2.45, 2.75) is 72.1 Å². The molecule has 0 heterocycles. The first-order valence-electron chi connectivity index (χ1n) is 10.8. The number of quaternary nitrogens is 1. The van der Waals surface area contributed by atoms with Crippen molar-refractivity contribution in [1.82, 2.24) is 0 Å². The Morgan fingerprint density at radius 3 is 1.67 bits per heavy atom. The van der Waals surface area contributed by atoms with E-state index >= 15 is 0 Å². The van der Waals surface area contributed by atoms with Crippen molar-refractivity contribution < 1.29 is 26.9 Å². The maximum atomic E-state index is 11.0. The molecule has 0 saturated heterocycles. The predicted octanol–water partition coefficient (Wildman–Crippen LogP) is 3.56. The van der Waals surface area contributed by atoms with Gasteiger partial charge in [-0.1, -0.05) is 33.6 Å². The van der Waals surface area contributed by atoms with E-state index in [4.69, 9.17) is 9.47 Å². The molecule has 0 unspecified atom stereocenters. The molecular formula is C20H43NO5S. The van der Waals surface area contributed by atoms with E-state index in [0.29, 0.717) is 26.2 Å². The van der Waals surface area contributed by atoms with Crippen LogP contribution in [0, 0.1) is 0 Å². The number of ether oxygens (including phenoxy) is 2. The van der Waals surface area contributed by atoms with E-state index in [1.54, 1.807) is 0 Å². The van der Waals surface area contributed by atoms with Crippen LogP contribution in [0.5, 0.6) is 0 Å². The summed E-state index contributed by atoms with van der Waals surface area (Å²) in [6, 6.07) is 0. The molecule has 7 heteroatoms. The van der Waals surface area contributed by atoms with Gasteiger partial charge in [-0.15, -0.1) is 0 Å². The summed E-state index contributed by atoms with van der Waals surface area (Å²) in [6.07, 6.45) is 8.39. The molecule has 0 bridgehead atoms. The van der Waals surface area contributed by atoms with Crippen LogP contribution in [0.15, 0.2) is 0 Å². The molecule has 0 aliphatic carbocycles. The minimum absolute atomic E-state index is 0.264. The van der Waals surface area contributed by atoms with Crippen molar-refractivity contribution in [2.75, 3.05) is 58.4 Å². The Labute approximate surface area is 167 Å². The molecule has 0 radical (unpaired) electrons. The number of nitrogens with zero attached hydrogens (tertiary/aromatic N) is 1. The van der Waals surface area contributed by atoms with Crippen molar-refractivity contribution in [1.29, 1.82) is 0 Å². The number of hydrogen-bond acceptors (Lipinski definition) is 5. The first-order chi connectivity index (χ1) is 12.9. The highest BCUT2D eigenvalue weighted by molar-refractivity contribution is 7.85. The number of hydrogen-bond donors (Lipinski definition) is 0. The van der Waals surface area contributed by atoms with Crippen LogP contribution in [0.3, 0.4) is 0 Å². The molecule has 6 nitrogen and oxygen atoms in total. The molecule has 0 aliphatic heterocycles. The van der Waals surface area contributed by atoms with E-state index in [-0.39, 0.29) is 5.75 Å². The van der Waals surface area contributed by atoms with Gasteiger partial charge in [-0.3, -0.25) is 0 Å². The van der Waals surface area contributed by atoms with Gasteiger partial charge in [-0.25, -0.2) is 8.42 Å². The second-order valence-electron chi connectivity index (χ2n) is 7.49. The van der Waals surface area contributed by atoms with Crippen molar-refractivity contribution in [2.24, 2.45) is 0 Å². The van der Waals surface area contributed by atoms with Gasteiger partial charge in [-0.2, -0.15) is 0 Å². The zero-order valence-corrected chi connectivity index (χ0v) is 18.7. The fraction of sp³-hybridized carbons (Fsp3) is 1.00.